The fraction of sp³-hybridized carbons (Fsp3) is 0.750. The van der Waals surface area contributed by atoms with Crippen LogP contribution in [-0.2, 0) is 0 Å². The molecule has 0 aromatic carbocycles. The van der Waals surface area contributed by atoms with Gasteiger partial charge >= 0.3 is 0 Å². The van der Waals surface area contributed by atoms with Gasteiger partial charge in [0.2, 0.25) is 0 Å². The maximum absolute atomic E-state index is 3.81. The van der Waals surface area contributed by atoms with Gasteiger partial charge in [0, 0.05) is 12.1 Å². The van der Waals surface area contributed by atoms with Crippen LogP contribution in [0.2, 0.25) is 0 Å². The van der Waals surface area contributed by atoms with Crippen molar-refractivity contribution in [2.45, 2.75) is 39.8 Å². The highest BCUT2D eigenvalue weighted by Crippen LogP contribution is 1.86. The molecule has 0 bridgehead atoms. The molecule has 0 radical (unpaired) electrons. The molecule has 10 heavy (non-hydrogen) atoms. The van der Waals surface area contributed by atoms with Gasteiger partial charge in [-0.25, -0.2) is 0 Å². The Bertz CT molecular complexity index is 93.8. The SMILES string of the molecule is C=C(NC(C)C)NC(C)C. The van der Waals surface area contributed by atoms with E-state index < -0.39 is 0 Å². The van der Waals surface area contributed by atoms with Gasteiger partial charge in [-0.2, -0.15) is 0 Å². The Morgan fingerprint density at radius 3 is 1.50 bits per heavy atom. The first-order valence-electron chi connectivity index (χ1n) is 3.74. The zero-order valence-electron chi connectivity index (χ0n) is 7.36. The minimum Gasteiger partial charge on any atom is -0.370 e. The van der Waals surface area contributed by atoms with Crippen LogP contribution in [0.25, 0.3) is 0 Å². The molecule has 0 saturated heterocycles. The highest BCUT2D eigenvalue weighted by atomic mass is 15.1. The molecule has 0 aliphatic heterocycles. The molecule has 0 fully saturated rings. The van der Waals surface area contributed by atoms with E-state index in [1.165, 1.54) is 0 Å². The summed E-state index contributed by atoms with van der Waals surface area (Å²) in [5.74, 6) is 0.907. The number of nitrogens with one attached hydrogen (secondary N) is 2. The molecule has 2 heteroatoms. The quantitative estimate of drug-likeness (QED) is 0.621. The standard InChI is InChI=1S/C8H18N2/c1-6(2)9-8(5)10-7(3)4/h6-7,9-10H,5H2,1-4H3. The van der Waals surface area contributed by atoms with Gasteiger partial charge in [0.1, 0.15) is 0 Å². The first-order valence-corrected chi connectivity index (χ1v) is 3.74. The van der Waals surface area contributed by atoms with Crippen molar-refractivity contribution >= 4 is 0 Å². The molecular weight excluding hydrogens is 124 g/mol. The molecule has 0 aliphatic rings. The predicted octanol–water partition coefficient (Wildman–Crippen LogP) is 1.45. The van der Waals surface area contributed by atoms with Crippen LogP contribution >= 0.6 is 0 Å². The van der Waals surface area contributed by atoms with E-state index >= 15 is 0 Å². The second-order valence-electron chi connectivity index (χ2n) is 3.08. The zero-order valence-corrected chi connectivity index (χ0v) is 7.36. The minimum atomic E-state index is 0.457. The lowest BCUT2D eigenvalue weighted by Gasteiger charge is -2.16. The fourth-order valence-electron chi connectivity index (χ4n) is 0.739. The van der Waals surface area contributed by atoms with Gasteiger partial charge in [-0.3, -0.25) is 0 Å². The molecule has 0 amide bonds. The zero-order chi connectivity index (χ0) is 8.15. The first-order chi connectivity index (χ1) is 4.52. The van der Waals surface area contributed by atoms with Crippen LogP contribution in [0.1, 0.15) is 27.7 Å². The maximum Gasteiger partial charge on any atom is 0.0916 e. The molecule has 2 nitrogen and oxygen atoms in total. The minimum absolute atomic E-state index is 0.457. The van der Waals surface area contributed by atoms with Gasteiger partial charge in [-0.15, -0.1) is 0 Å². The number of rotatable bonds is 4. The summed E-state index contributed by atoms with van der Waals surface area (Å²) in [4.78, 5) is 0. The van der Waals surface area contributed by atoms with Crippen molar-refractivity contribution in [3.05, 3.63) is 12.4 Å². The van der Waals surface area contributed by atoms with Crippen molar-refractivity contribution in [3.63, 3.8) is 0 Å². The highest BCUT2D eigenvalue weighted by molar-refractivity contribution is 4.90. The van der Waals surface area contributed by atoms with Crippen LogP contribution in [0.15, 0.2) is 12.4 Å². The largest absolute Gasteiger partial charge is 0.370 e. The summed E-state index contributed by atoms with van der Waals surface area (Å²) in [5, 5.41) is 6.34. The lowest BCUT2D eigenvalue weighted by molar-refractivity contribution is 0.569. The lowest BCUT2D eigenvalue weighted by atomic mass is 10.4. The molecule has 0 saturated carbocycles. The number of hydrogen-bond acceptors (Lipinski definition) is 2. The van der Waals surface area contributed by atoms with Gasteiger partial charge in [0.05, 0.1) is 5.82 Å². The van der Waals surface area contributed by atoms with E-state index in [1.807, 2.05) is 0 Å². The third kappa shape index (κ3) is 5.48. The van der Waals surface area contributed by atoms with Crippen molar-refractivity contribution in [2.24, 2.45) is 0 Å². The molecule has 0 unspecified atom stereocenters. The monoisotopic (exact) mass is 142 g/mol. The Labute approximate surface area is 63.7 Å². The van der Waals surface area contributed by atoms with E-state index in [2.05, 4.69) is 44.9 Å². The van der Waals surface area contributed by atoms with Crippen molar-refractivity contribution in [1.29, 1.82) is 0 Å². The van der Waals surface area contributed by atoms with Crippen LogP contribution in [0.4, 0.5) is 0 Å². The van der Waals surface area contributed by atoms with E-state index in [1.54, 1.807) is 0 Å². The van der Waals surface area contributed by atoms with Crippen LogP contribution in [0, 0.1) is 0 Å². The van der Waals surface area contributed by atoms with E-state index in [-0.39, 0.29) is 0 Å². The second-order valence-corrected chi connectivity index (χ2v) is 3.08. The summed E-state index contributed by atoms with van der Waals surface area (Å²) in [6.07, 6.45) is 0. The molecule has 0 spiro atoms. The third-order valence-corrected chi connectivity index (χ3v) is 0.926. The Morgan fingerprint density at radius 1 is 1.00 bits per heavy atom. The van der Waals surface area contributed by atoms with E-state index in [0.717, 1.165) is 5.82 Å². The lowest BCUT2D eigenvalue weighted by Crippen LogP contribution is -2.34. The maximum atomic E-state index is 3.81. The van der Waals surface area contributed by atoms with Crippen molar-refractivity contribution in [2.75, 3.05) is 0 Å². The smallest absolute Gasteiger partial charge is 0.0916 e. The Balaban J connectivity index is 3.44. The molecule has 0 rings (SSSR count). The summed E-state index contributed by atoms with van der Waals surface area (Å²) < 4.78 is 0. The molecule has 0 atom stereocenters. The van der Waals surface area contributed by atoms with Crippen LogP contribution in [-0.4, -0.2) is 12.1 Å². The molecular formula is C8H18N2. The second kappa shape index (κ2) is 4.20. The predicted molar refractivity (Wildman–Crippen MR) is 45.7 cm³/mol. The van der Waals surface area contributed by atoms with Gasteiger partial charge in [-0.1, -0.05) is 6.58 Å². The topological polar surface area (TPSA) is 24.1 Å². The Kier molecular flexibility index (Phi) is 3.93. The summed E-state index contributed by atoms with van der Waals surface area (Å²) >= 11 is 0. The van der Waals surface area contributed by atoms with Gasteiger partial charge < -0.3 is 10.6 Å². The molecule has 2 N–H and O–H groups in total. The third-order valence-electron chi connectivity index (χ3n) is 0.926. The first kappa shape index (κ1) is 9.34. The molecule has 0 aromatic rings. The van der Waals surface area contributed by atoms with Gasteiger partial charge in [0.25, 0.3) is 0 Å². The van der Waals surface area contributed by atoms with Gasteiger partial charge in [-0.05, 0) is 27.7 Å². The number of hydrogen-bond donors (Lipinski definition) is 2. The van der Waals surface area contributed by atoms with Crippen molar-refractivity contribution in [3.8, 4) is 0 Å². The Morgan fingerprint density at radius 2 is 1.30 bits per heavy atom. The average molecular weight is 142 g/mol. The average Bonchev–Trinajstić information content (AvgIpc) is 1.58. The summed E-state index contributed by atoms with van der Waals surface area (Å²) in [5.41, 5.74) is 0. The normalized spacial score (nSPS) is 10.2. The fourth-order valence-corrected chi connectivity index (χ4v) is 0.739. The van der Waals surface area contributed by atoms with E-state index in [4.69, 9.17) is 0 Å². The van der Waals surface area contributed by atoms with Crippen LogP contribution in [0.5, 0.6) is 0 Å². The highest BCUT2D eigenvalue weighted by Gasteiger charge is 1.96. The molecule has 0 aromatic heterocycles. The van der Waals surface area contributed by atoms with E-state index in [9.17, 15) is 0 Å². The molecule has 0 heterocycles. The summed E-state index contributed by atoms with van der Waals surface area (Å²) in [7, 11) is 0. The van der Waals surface area contributed by atoms with Crippen LogP contribution < -0.4 is 10.6 Å². The molecule has 60 valence electrons. The summed E-state index contributed by atoms with van der Waals surface area (Å²) in [6, 6.07) is 0.914. The van der Waals surface area contributed by atoms with Crippen LogP contribution in [0.3, 0.4) is 0 Å². The van der Waals surface area contributed by atoms with Gasteiger partial charge in [0.15, 0.2) is 0 Å². The van der Waals surface area contributed by atoms with Crippen molar-refractivity contribution in [1.82, 2.24) is 10.6 Å². The molecule has 0 aliphatic carbocycles. The summed E-state index contributed by atoms with van der Waals surface area (Å²) in [6.45, 7) is 12.2. The van der Waals surface area contributed by atoms with Crippen molar-refractivity contribution < 1.29 is 0 Å². The Hall–Kier alpha value is -0.660. The van der Waals surface area contributed by atoms with E-state index in [0.29, 0.717) is 12.1 Å².